The molecular formula is C16H32N2O2. The highest BCUT2D eigenvalue weighted by Gasteiger charge is 2.38. The fraction of sp³-hybridized carbons (Fsp3) is 1.00. The Hall–Kier alpha value is -0.160. The Labute approximate surface area is 124 Å². The zero-order chi connectivity index (χ0) is 14.4. The Morgan fingerprint density at radius 2 is 2.30 bits per heavy atom. The van der Waals surface area contributed by atoms with E-state index in [1.165, 1.54) is 32.5 Å². The molecule has 0 aliphatic carbocycles. The molecule has 2 aliphatic heterocycles. The lowest BCUT2D eigenvalue weighted by Gasteiger charge is -2.33. The van der Waals surface area contributed by atoms with Crippen molar-refractivity contribution in [3.05, 3.63) is 0 Å². The summed E-state index contributed by atoms with van der Waals surface area (Å²) in [5.74, 6) is 1.44. The van der Waals surface area contributed by atoms with E-state index < -0.39 is 0 Å². The third-order valence-electron chi connectivity index (χ3n) is 4.57. The standard InChI is InChI=1S/C16H32N2O2/c1-14(2)8-17-11-16(5-7-20-13-16)12-18-6-4-15(9-18)10-19-3/h14-15,17H,4-13H2,1-3H3. The second kappa shape index (κ2) is 7.74. The maximum Gasteiger partial charge on any atom is 0.0547 e. The van der Waals surface area contributed by atoms with Crippen LogP contribution in [0.5, 0.6) is 0 Å². The molecule has 4 heteroatoms. The van der Waals surface area contributed by atoms with Crippen LogP contribution in [0.15, 0.2) is 0 Å². The molecule has 2 fully saturated rings. The van der Waals surface area contributed by atoms with E-state index in [0.717, 1.165) is 38.8 Å². The number of likely N-dealkylation sites (tertiary alicyclic amines) is 1. The van der Waals surface area contributed by atoms with Crippen molar-refractivity contribution in [3.63, 3.8) is 0 Å². The summed E-state index contributed by atoms with van der Waals surface area (Å²) < 4.78 is 11.0. The van der Waals surface area contributed by atoms with Gasteiger partial charge in [-0.25, -0.2) is 0 Å². The van der Waals surface area contributed by atoms with Crippen LogP contribution in [-0.2, 0) is 9.47 Å². The Morgan fingerprint density at radius 1 is 1.45 bits per heavy atom. The zero-order valence-electron chi connectivity index (χ0n) is 13.5. The first-order valence-corrected chi connectivity index (χ1v) is 8.13. The van der Waals surface area contributed by atoms with Gasteiger partial charge < -0.3 is 19.7 Å². The number of hydrogen-bond acceptors (Lipinski definition) is 4. The number of rotatable bonds is 8. The van der Waals surface area contributed by atoms with E-state index in [4.69, 9.17) is 9.47 Å². The maximum absolute atomic E-state index is 5.71. The van der Waals surface area contributed by atoms with Gasteiger partial charge in [-0.15, -0.1) is 0 Å². The van der Waals surface area contributed by atoms with Crippen LogP contribution < -0.4 is 5.32 Å². The Bertz CT molecular complexity index is 278. The van der Waals surface area contributed by atoms with Crippen molar-refractivity contribution in [1.29, 1.82) is 0 Å². The smallest absolute Gasteiger partial charge is 0.0547 e. The number of methoxy groups -OCH3 is 1. The number of nitrogens with zero attached hydrogens (tertiary/aromatic N) is 1. The normalized spacial score (nSPS) is 31.5. The molecule has 118 valence electrons. The minimum atomic E-state index is 0.330. The molecule has 1 N–H and O–H groups in total. The van der Waals surface area contributed by atoms with Gasteiger partial charge in [0.1, 0.15) is 0 Å². The molecule has 0 aromatic rings. The van der Waals surface area contributed by atoms with Crippen LogP contribution in [-0.4, -0.2) is 64.6 Å². The zero-order valence-corrected chi connectivity index (χ0v) is 13.5. The highest BCUT2D eigenvalue weighted by atomic mass is 16.5. The molecule has 0 aromatic carbocycles. The Kier molecular flexibility index (Phi) is 6.27. The van der Waals surface area contributed by atoms with E-state index in [9.17, 15) is 0 Å². The number of nitrogens with one attached hydrogen (secondary N) is 1. The summed E-state index contributed by atoms with van der Waals surface area (Å²) in [7, 11) is 1.81. The van der Waals surface area contributed by atoms with Gasteiger partial charge in [0, 0.05) is 38.8 Å². The summed E-state index contributed by atoms with van der Waals surface area (Å²) in [5, 5.41) is 3.65. The summed E-state index contributed by atoms with van der Waals surface area (Å²) in [6.07, 6.45) is 2.48. The molecule has 2 unspecified atom stereocenters. The van der Waals surface area contributed by atoms with Gasteiger partial charge in [-0.1, -0.05) is 13.8 Å². The summed E-state index contributed by atoms with van der Waals surface area (Å²) >= 11 is 0. The topological polar surface area (TPSA) is 33.7 Å². The summed E-state index contributed by atoms with van der Waals surface area (Å²) in [6, 6.07) is 0. The van der Waals surface area contributed by atoms with Crippen LogP contribution in [0.2, 0.25) is 0 Å². The SMILES string of the molecule is COCC1CCN(CC2(CNCC(C)C)CCOC2)C1. The van der Waals surface area contributed by atoms with Crippen LogP contribution in [0.1, 0.15) is 26.7 Å². The molecule has 0 saturated carbocycles. The Morgan fingerprint density at radius 3 is 2.95 bits per heavy atom. The second-order valence-corrected chi connectivity index (χ2v) is 7.17. The summed E-state index contributed by atoms with van der Waals surface area (Å²) in [6.45, 7) is 13.1. The lowest BCUT2D eigenvalue weighted by Crippen LogP contribution is -2.45. The predicted molar refractivity (Wildman–Crippen MR) is 82.0 cm³/mol. The molecule has 2 rings (SSSR count). The first-order chi connectivity index (χ1) is 9.63. The fourth-order valence-electron chi connectivity index (χ4n) is 3.50. The van der Waals surface area contributed by atoms with Gasteiger partial charge in [0.25, 0.3) is 0 Å². The van der Waals surface area contributed by atoms with Gasteiger partial charge >= 0.3 is 0 Å². The van der Waals surface area contributed by atoms with Gasteiger partial charge in [0.05, 0.1) is 13.2 Å². The average molecular weight is 284 g/mol. The monoisotopic (exact) mass is 284 g/mol. The van der Waals surface area contributed by atoms with Crippen LogP contribution in [0.4, 0.5) is 0 Å². The van der Waals surface area contributed by atoms with Gasteiger partial charge in [0.15, 0.2) is 0 Å². The van der Waals surface area contributed by atoms with Crippen LogP contribution in [0.25, 0.3) is 0 Å². The fourth-order valence-corrected chi connectivity index (χ4v) is 3.50. The van der Waals surface area contributed by atoms with E-state index >= 15 is 0 Å². The molecule has 0 amide bonds. The molecule has 0 aromatic heterocycles. The average Bonchev–Trinajstić information content (AvgIpc) is 3.00. The van der Waals surface area contributed by atoms with Crippen molar-refractivity contribution in [1.82, 2.24) is 10.2 Å². The molecule has 0 radical (unpaired) electrons. The molecule has 2 aliphatic rings. The highest BCUT2D eigenvalue weighted by molar-refractivity contribution is 4.90. The molecular weight excluding hydrogens is 252 g/mol. The van der Waals surface area contributed by atoms with Gasteiger partial charge in [-0.2, -0.15) is 0 Å². The maximum atomic E-state index is 5.71. The van der Waals surface area contributed by atoms with Crippen molar-refractivity contribution in [2.24, 2.45) is 17.3 Å². The quantitative estimate of drug-likeness (QED) is 0.734. The molecule has 0 bridgehead atoms. The molecule has 2 saturated heterocycles. The lowest BCUT2D eigenvalue weighted by atomic mass is 9.86. The number of ether oxygens (including phenoxy) is 2. The second-order valence-electron chi connectivity index (χ2n) is 7.17. The molecule has 2 atom stereocenters. The van der Waals surface area contributed by atoms with Crippen LogP contribution >= 0.6 is 0 Å². The van der Waals surface area contributed by atoms with E-state index in [1.807, 2.05) is 7.11 Å². The molecule has 2 heterocycles. The Balaban J connectivity index is 1.80. The van der Waals surface area contributed by atoms with Crippen molar-refractivity contribution in [2.45, 2.75) is 26.7 Å². The molecule has 0 spiro atoms. The first-order valence-electron chi connectivity index (χ1n) is 8.13. The summed E-state index contributed by atoms with van der Waals surface area (Å²) in [5.41, 5.74) is 0.330. The van der Waals surface area contributed by atoms with Gasteiger partial charge in [-0.05, 0) is 37.8 Å². The van der Waals surface area contributed by atoms with E-state index in [0.29, 0.717) is 11.3 Å². The highest BCUT2D eigenvalue weighted by Crippen LogP contribution is 2.31. The van der Waals surface area contributed by atoms with Crippen molar-refractivity contribution in [2.75, 3.05) is 59.7 Å². The van der Waals surface area contributed by atoms with Crippen molar-refractivity contribution in [3.8, 4) is 0 Å². The minimum absolute atomic E-state index is 0.330. The third kappa shape index (κ3) is 4.69. The van der Waals surface area contributed by atoms with Crippen molar-refractivity contribution < 1.29 is 9.47 Å². The number of hydrogen-bond donors (Lipinski definition) is 1. The molecule has 20 heavy (non-hydrogen) atoms. The van der Waals surface area contributed by atoms with Gasteiger partial charge in [-0.3, -0.25) is 0 Å². The van der Waals surface area contributed by atoms with Crippen LogP contribution in [0, 0.1) is 17.3 Å². The van der Waals surface area contributed by atoms with E-state index in [-0.39, 0.29) is 0 Å². The largest absolute Gasteiger partial charge is 0.384 e. The van der Waals surface area contributed by atoms with Crippen LogP contribution in [0.3, 0.4) is 0 Å². The van der Waals surface area contributed by atoms with E-state index in [1.54, 1.807) is 0 Å². The van der Waals surface area contributed by atoms with Crippen molar-refractivity contribution >= 4 is 0 Å². The van der Waals surface area contributed by atoms with E-state index in [2.05, 4.69) is 24.1 Å². The summed E-state index contributed by atoms with van der Waals surface area (Å²) in [4.78, 5) is 2.62. The third-order valence-corrected chi connectivity index (χ3v) is 4.57. The first kappa shape index (κ1) is 16.2. The lowest BCUT2D eigenvalue weighted by molar-refractivity contribution is 0.110. The molecule has 4 nitrogen and oxygen atoms in total. The minimum Gasteiger partial charge on any atom is -0.384 e. The van der Waals surface area contributed by atoms with Gasteiger partial charge in [0.2, 0.25) is 0 Å². The predicted octanol–water partition coefficient (Wildman–Crippen LogP) is 1.61.